The molecule has 0 radical (unpaired) electrons. The molecule has 1 aromatic heterocycles. The minimum atomic E-state index is -0.703. The molecule has 290 valence electrons. The average Bonchev–Trinajstić information content (AvgIpc) is 3.17. The second kappa shape index (κ2) is 15.0. The highest BCUT2D eigenvalue weighted by atomic mass is 16.5. The van der Waals surface area contributed by atoms with E-state index in [1.54, 1.807) is 20.3 Å². The van der Waals surface area contributed by atoms with Gasteiger partial charge in [-0.05, 0) is 64.4 Å². The van der Waals surface area contributed by atoms with Crippen molar-refractivity contribution in [2.45, 2.75) is 76.7 Å². The monoisotopic (exact) mass is 751 g/mol. The third-order valence-corrected chi connectivity index (χ3v) is 11.8. The Bertz CT molecular complexity index is 2200. The van der Waals surface area contributed by atoms with Gasteiger partial charge in [-0.1, -0.05) is 19.4 Å². The number of carbonyl (C=O) groups excluding carboxylic acids is 1. The molecule has 1 fully saturated rings. The molecular formula is C42H49N5O8. The van der Waals surface area contributed by atoms with Crippen molar-refractivity contribution in [2.75, 3.05) is 48.6 Å². The first-order valence-electron chi connectivity index (χ1n) is 18.7. The van der Waals surface area contributed by atoms with E-state index in [4.69, 9.17) is 23.7 Å². The number of ether oxygens (including phenoxy) is 5. The van der Waals surface area contributed by atoms with Gasteiger partial charge in [0.1, 0.15) is 29.0 Å². The van der Waals surface area contributed by atoms with Crippen molar-refractivity contribution in [1.29, 1.82) is 5.26 Å². The average molecular weight is 752 g/mol. The number of unbranched alkanes of at least 4 members (excludes halogenated alkanes) is 1. The largest absolute Gasteiger partial charge is 0.504 e. The van der Waals surface area contributed by atoms with Crippen LogP contribution in [0.4, 0.5) is 0 Å². The summed E-state index contributed by atoms with van der Waals surface area (Å²) in [5, 5.41) is 38.8. The molecule has 1 saturated heterocycles. The lowest BCUT2D eigenvalue weighted by atomic mass is 9.71. The van der Waals surface area contributed by atoms with Crippen LogP contribution in [0.5, 0.6) is 40.2 Å². The molecule has 1 amide bonds. The minimum absolute atomic E-state index is 0.0237. The Morgan fingerprint density at radius 1 is 0.909 bits per heavy atom. The van der Waals surface area contributed by atoms with Gasteiger partial charge in [0, 0.05) is 57.4 Å². The number of piperazine rings is 1. The quantitative estimate of drug-likeness (QED) is 0.161. The van der Waals surface area contributed by atoms with Crippen LogP contribution >= 0.6 is 0 Å². The number of pyridine rings is 1. The lowest BCUT2D eigenvalue weighted by Crippen LogP contribution is -2.68. The maximum Gasteiger partial charge on any atom is 0.269 e. The fraction of sp³-hybridized carbons (Fsp3) is 0.452. The van der Waals surface area contributed by atoms with Gasteiger partial charge >= 0.3 is 0 Å². The molecule has 13 heteroatoms. The number of likely N-dealkylation sites (N-methyl/N-ethyl adjacent to an activating group) is 1. The molecule has 13 nitrogen and oxygen atoms in total. The number of nitrogens with zero attached hydrogens (tertiary/aromatic N) is 4. The van der Waals surface area contributed by atoms with E-state index < -0.39 is 30.1 Å². The molecule has 3 N–H and O–H groups in total. The van der Waals surface area contributed by atoms with Gasteiger partial charge in [0.2, 0.25) is 0 Å². The number of nitrogens with one attached hydrogen (secondary N) is 1. The first-order chi connectivity index (χ1) is 26.5. The highest BCUT2D eigenvalue weighted by Gasteiger charge is 2.57. The molecule has 0 aliphatic carbocycles. The van der Waals surface area contributed by atoms with Gasteiger partial charge in [-0.25, -0.2) is 4.98 Å². The number of hydrogen-bond acceptors (Lipinski definition) is 12. The van der Waals surface area contributed by atoms with Crippen LogP contribution < -0.4 is 29.0 Å². The number of rotatable bonds is 11. The molecule has 3 aromatic carbocycles. The van der Waals surface area contributed by atoms with E-state index >= 15 is 0 Å². The number of methoxy groups -OCH3 is 4. The van der Waals surface area contributed by atoms with Crippen molar-refractivity contribution < 1.29 is 38.7 Å². The number of aromatic nitrogens is 1. The summed E-state index contributed by atoms with van der Waals surface area (Å²) in [5.41, 5.74) is 4.95. The summed E-state index contributed by atoms with van der Waals surface area (Å²) >= 11 is 0. The normalized spacial score (nSPS) is 21.5. The van der Waals surface area contributed by atoms with Crippen molar-refractivity contribution in [3.05, 3.63) is 69.4 Å². The number of nitriles is 1. The van der Waals surface area contributed by atoms with Crippen LogP contribution in [0.25, 0.3) is 10.9 Å². The zero-order chi connectivity index (χ0) is 39.3. The number of aromatic hydroxyl groups is 2. The van der Waals surface area contributed by atoms with Crippen LogP contribution in [0.15, 0.2) is 30.3 Å². The van der Waals surface area contributed by atoms with Gasteiger partial charge in [0.25, 0.3) is 5.91 Å². The summed E-state index contributed by atoms with van der Waals surface area (Å²) in [6.45, 7) is 6.45. The van der Waals surface area contributed by atoms with Gasteiger partial charge in [-0.2, -0.15) is 5.26 Å². The molecule has 0 unspecified atom stereocenters. The standard InChI is InChI=1S/C42H49N5O8/c1-9-10-15-55-24-12-14-27-23(16-24)11-13-28(45-27)42(50)44-20-32-33-25(38(51-5)21(2)40(53-7)36(33)48)18-30-35-34-26(17-29(46(35)4)31(19-43)47(30)32)39(52-6)22(3)41(54-8)37(34)49/h11-14,16,29-32,35,48-49H,9-10,15,17-18,20H2,1-8H3,(H,44,50)/t29-,30-,31-,32-,35-/m0/s1. The van der Waals surface area contributed by atoms with E-state index in [1.807, 2.05) is 45.2 Å². The van der Waals surface area contributed by atoms with Crippen LogP contribution in [-0.4, -0.2) is 97.7 Å². The number of benzene rings is 3. The number of fused-ring (bicyclic) bond motifs is 8. The van der Waals surface area contributed by atoms with Crippen LogP contribution in [0.2, 0.25) is 0 Å². The summed E-state index contributed by atoms with van der Waals surface area (Å²) in [4.78, 5) is 22.9. The zero-order valence-corrected chi connectivity index (χ0v) is 32.6. The summed E-state index contributed by atoms with van der Waals surface area (Å²) in [6.07, 6.45) is 2.77. The first-order valence-corrected chi connectivity index (χ1v) is 18.7. The Kier molecular flexibility index (Phi) is 10.3. The maximum atomic E-state index is 13.9. The van der Waals surface area contributed by atoms with Crippen LogP contribution in [-0.2, 0) is 12.8 Å². The predicted octanol–water partition coefficient (Wildman–Crippen LogP) is 5.68. The number of phenolic OH excluding ortho intramolecular Hbond substituents is 2. The lowest BCUT2D eigenvalue weighted by Gasteiger charge is -2.60. The summed E-state index contributed by atoms with van der Waals surface area (Å²) in [5.74, 6) is 2.06. The molecule has 3 aliphatic rings. The summed E-state index contributed by atoms with van der Waals surface area (Å²) < 4.78 is 29.3. The lowest BCUT2D eigenvalue weighted by molar-refractivity contribution is -0.0724. The van der Waals surface area contributed by atoms with E-state index in [2.05, 4.69) is 33.1 Å². The Hall–Kier alpha value is -5.45. The van der Waals surface area contributed by atoms with Gasteiger partial charge < -0.3 is 39.2 Å². The fourth-order valence-electron chi connectivity index (χ4n) is 9.35. The minimum Gasteiger partial charge on any atom is -0.504 e. The first kappa shape index (κ1) is 37.8. The van der Waals surface area contributed by atoms with E-state index in [0.717, 1.165) is 35.1 Å². The fourth-order valence-corrected chi connectivity index (χ4v) is 9.35. The van der Waals surface area contributed by atoms with Gasteiger partial charge in [-0.15, -0.1) is 0 Å². The van der Waals surface area contributed by atoms with E-state index in [9.17, 15) is 20.3 Å². The molecule has 55 heavy (non-hydrogen) atoms. The molecular weight excluding hydrogens is 702 g/mol. The van der Waals surface area contributed by atoms with Crippen LogP contribution in [0.3, 0.4) is 0 Å². The molecule has 7 rings (SSSR count). The molecule has 3 aliphatic heterocycles. The Labute approximate surface area is 321 Å². The SMILES string of the molecule is CCCCOc1ccc2nc(C(=O)NC[C@H]3c4c(O)c(OC)c(C)c(OC)c4C[C@H]4[C@H]5c6c(O)c(OC)c(C)c(OC)c6C[C@@H]([C@H](C#N)N34)N5C)ccc2c1. The van der Waals surface area contributed by atoms with Crippen LogP contribution in [0, 0.1) is 25.2 Å². The third kappa shape index (κ3) is 5.99. The van der Waals surface area contributed by atoms with Crippen molar-refractivity contribution in [3.63, 3.8) is 0 Å². The molecule has 2 bridgehead atoms. The number of carbonyl (C=O) groups is 1. The van der Waals surface area contributed by atoms with Crippen molar-refractivity contribution in [2.24, 2.45) is 0 Å². The number of phenols is 2. The van der Waals surface area contributed by atoms with Gasteiger partial charge in [-0.3, -0.25) is 14.6 Å². The smallest absolute Gasteiger partial charge is 0.269 e. The molecule has 5 atom stereocenters. The summed E-state index contributed by atoms with van der Waals surface area (Å²) in [6, 6.07) is 9.17. The maximum absolute atomic E-state index is 13.9. The Morgan fingerprint density at radius 3 is 2.15 bits per heavy atom. The van der Waals surface area contributed by atoms with Crippen molar-refractivity contribution in [3.8, 4) is 46.3 Å². The highest BCUT2D eigenvalue weighted by molar-refractivity contribution is 5.95. The van der Waals surface area contributed by atoms with E-state index in [-0.39, 0.29) is 35.5 Å². The van der Waals surface area contributed by atoms with Gasteiger partial charge in [0.05, 0.1) is 58.7 Å². The predicted molar refractivity (Wildman–Crippen MR) is 206 cm³/mol. The van der Waals surface area contributed by atoms with Gasteiger partial charge in [0.15, 0.2) is 23.0 Å². The Morgan fingerprint density at radius 2 is 1.53 bits per heavy atom. The number of amides is 1. The van der Waals surface area contributed by atoms with Crippen LogP contribution in [0.1, 0.15) is 75.7 Å². The second-order valence-electron chi connectivity index (χ2n) is 14.5. The Balaban J connectivity index is 1.33. The molecule has 4 heterocycles. The van der Waals surface area contributed by atoms with Crippen molar-refractivity contribution in [1.82, 2.24) is 20.1 Å². The number of hydrogen-bond donors (Lipinski definition) is 3. The summed E-state index contributed by atoms with van der Waals surface area (Å²) in [7, 11) is 8.17. The zero-order valence-electron chi connectivity index (χ0n) is 32.6. The second-order valence-corrected chi connectivity index (χ2v) is 14.5. The van der Waals surface area contributed by atoms with Crippen molar-refractivity contribution >= 4 is 16.8 Å². The van der Waals surface area contributed by atoms with E-state index in [0.29, 0.717) is 64.5 Å². The highest BCUT2D eigenvalue weighted by Crippen LogP contribution is 2.58. The topological polar surface area (TPSA) is 159 Å². The molecule has 0 spiro atoms. The molecule has 0 saturated carbocycles. The molecule has 4 aromatic rings. The third-order valence-electron chi connectivity index (χ3n) is 11.8. The van der Waals surface area contributed by atoms with E-state index in [1.165, 1.54) is 14.2 Å².